The van der Waals surface area contributed by atoms with Gasteiger partial charge in [0.1, 0.15) is 11.3 Å². The molecule has 0 saturated heterocycles. The molecule has 0 saturated carbocycles. The number of rotatable bonds is 1. The smallest absolute Gasteiger partial charge is 0.136 e. The van der Waals surface area contributed by atoms with Crippen LogP contribution in [0.3, 0.4) is 0 Å². The van der Waals surface area contributed by atoms with Crippen LogP contribution in [0.5, 0.6) is 0 Å². The van der Waals surface area contributed by atoms with E-state index < -0.39 is 0 Å². The van der Waals surface area contributed by atoms with Gasteiger partial charge in [-0.2, -0.15) is 0 Å². The highest BCUT2D eigenvalue weighted by Crippen LogP contribution is 2.33. The molecule has 0 N–H and O–H groups in total. The van der Waals surface area contributed by atoms with E-state index in [1.807, 2.05) is 30.3 Å². The molecule has 0 amide bonds. The molecule has 0 atom stereocenters. The van der Waals surface area contributed by atoms with Gasteiger partial charge < -0.3 is 4.42 Å². The Morgan fingerprint density at radius 3 is 2.55 bits per heavy atom. The predicted octanol–water partition coefficient (Wildman–Crippen LogP) is 5.91. The zero-order chi connectivity index (χ0) is 13.5. The Balaban J connectivity index is 2.01. The summed E-state index contributed by atoms with van der Waals surface area (Å²) in [6.07, 6.45) is 0. The lowest BCUT2D eigenvalue weighted by Gasteiger charge is -2.03. The Kier molecular flexibility index (Phi) is 2.54. The molecule has 20 heavy (non-hydrogen) atoms. The Hall–Kier alpha value is -2.25. The Morgan fingerprint density at radius 2 is 1.60 bits per heavy atom. The van der Waals surface area contributed by atoms with Crippen LogP contribution in [0.2, 0.25) is 5.02 Å². The molecular weight excluding hydrogens is 268 g/mol. The summed E-state index contributed by atoms with van der Waals surface area (Å²) < 4.78 is 5.96. The fourth-order valence-electron chi connectivity index (χ4n) is 2.58. The first kappa shape index (κ1) is 11.6. The molecule has 0 aliphatic rings. The van der Waals surface area contributed by atoms with Gasteiger partial charge in [-0.15, -0.1) is 0 Å². The van der Waals surface area contributed by atoms with E-state index in [1.54, 1.807) is 0 Å². The fraction of sp³-hybridized carbons (Fsp3) is 0. The molecule has 0 spiro atoms. The van der Waals surface area contributed by atoms with Crippen LogP contribution in [-0.2, 0) is 0 Å². The molecule has 0 bridgehead atoms. The summed E-state index contributed by atoms with van der Waals surface area (Å²) in [5.74, 6) is 0.874. The first-order chi connectivity index (χ1) is 9.81. The van der Waals surface area contributed by atoms with Crippen molar-refractivity contribution in [3.05, 3.63) is 71.8 Å². The maximum Gasteiger partial charge on any atom is 0.136 e. The summed E-state index contributed by atoms with van der Waals surface area (Å²) in [7, 11) is 0. The van der Waals surface area contributed by atoms with Crippen molar-refractivity contribution in [3.8, 4) is 11.3 Å². The maximum absolute atomic E-state index is 6.01. The van der Waals surface area contributed by atoms with E-state index in [2.05, 4.69) is 36.4 Å². The number of fused-ring (bicyclic) bond motifs is 2. The zero-order valence-corrected chi connectivity index (χ0v) is 11.4. The lowest BCUT2D eigenvalue weighted by Crippen LogP contribution is -1.77. The highest BCUT2D eigenvalue weighted by molar-refractivity contribution is 6.31. The molecule has 3 aromatic carbocycles. The van der Waals surface area contributed by atoms with Crippen molar-refractivity contribution in [1.82, 2.24) is 0 Å². The van der Waals surface area contributed by atoms with Crippen LogP contribution in [0.1, 0.15) is 0 Å². The topological polar surface area (TPSA) is 13.1 Å². The standard InChI is InChI=1S/C18H11ClO/c19-14-9-8-13-10-18(20-17(13)11-14)16-7-3-5-12-4-1-2-6-15(12)16/h1-11H. The minimum Gasteiger partial charge on any atom is -0.456 e. The summed E-state index contributed by atoms with van der Waals surface area (Å²) >= 11 is 6.01. The van der Waals surface area contributed by atoms with Crippen LogP contribution in [-0.4, -0.2) is 0 Å². The second kappa shape index (κ2) is 4.39. The van der Waals surface area contributed by atoms with Gasteiger partial charge in [0.15, 0.2) is 0 Å². The minimum absolute atomic E-state index is 0.691. The monoisotopic (exact) mass is 278 g/mol. The number of benzene rings is 3. The molecule has 4 aromatic rings. The maximum atomic E-state index is 6.01. The number of hydrogen-bond acceptors (Lipinski definition) is 1. The number of halogens is 1. The van der Waals surface area contributed by atoms with Crippen LogP contribution >= 0.6 is 11.6 Å². The van der Waals surface area contributed by atoms with Crippen molar-refractivity contribution in [2.75, 3.05) is 0 Å². The minimum atomic E-state index is 0.691. The molecular formula is C18H11ClO. The largest absolute Gasteiger partial charge is 0.456 e. The highest BCUT2D eigenvalue weighted by Gasteiger charge is 2.09. The van der Waals surface area contributed by atoms with Crippen LogP contribution in [0.25, 0.3) is 33.1 Å². The summed E-state index contributed by atoms with van der Waals surface area (Å²) in [5, 5.41) is 4.16. The van der Waals surface area contributed by atoms with E-state index in [-0.39, 0.29) is 0 Å². The van der Waals surface area contributed by atoms with Gasteiger partial charge in [-0.1, -0.05) is 54.1 Å². The van der Waals surface area contributed by atoms with Crippen LogP contribution in [0.15, 0.2) is 71.1 Å². The van der Waals surface area contributed by atoms with Gasteiger partial charge in [-0.25, -0.2) is 0 Å². The van der Waals surface area contributed by atoms with Crippen molar-refractivity contribution in [2.24, 2.45) is 0 Å². The summed E-state index contributed by atoms with van der Waals surface area (Å²) in [6, 6.07) is 22.3. The second-order valence-electron chi connectivity index (χ2n) is 4.82. The molecule has 0 unspecified atom stereocenters. The molecule has 1 aromatic heterocycles. The lowest BCUT2D eigenvalue weighted by molar-refractivity contribution is 0.632. The summed E-state index contributed by atoms with van der Waals surface area (Å²) in [6.45, 7) is 0. The molecule has 1 nitrogen and oxygen atoms in total. The van der Waals surface area contributed by atoms with Crippen molar-refractivity contribution in [3.63, 3.8) is 0 Å². The van der Waals surface area contributed by atoms with Gasteiger partial charge in [0.25, 0.3) is 0 Å². The Morgan fingerprint density at radius 1 is 0.750 bits per heavy atom. The van der Waals surface area contributed by atoms with E-state index in [1.165, 1.54) is 10.8 Å². The van der Waals surface area contributed by atoms with Gasteiger partial charge >= 0.3 is 0 Å². The zero-order valence-electron chi connectivity index (χ0n) is 10.6. The van der Waals surface area contributed by atoms with Crippen molar-refractivity contribution >= 4 is 33.3 Å². The normalized spacial score (nSPS) is 11.2. The number of furan rings is 1. The average Bonchev–Trinajstić information content (AvgIpc) is 2.89. The quantitative estimate of drug-likeness (QED) is 0.422. The van der Waals surface area contributed by atoms with E-state index in [4.69, 9.17) is 16.0 Å². The molecule has 0 radical (unpaired) electrons. The average molecular weight is 279 g/mol. The third kappa shape index (κ3) is 1.79. The van der Waals surface area contributed by atoms with Crippen molar-refractivity contribution in [2.45, 2.75) is 0 Å². The third-order valence-electron chi connectivity index (χ3n) is 3.54. The van der Waals surface area contributed by atoms with Crippen molar-refractivity contribution < 1.29 is 4.42 Å². The van der Waals surface area contributed by atoms with Crippen molar-refractivity contribution in [1.29, 1.82) is 0 Å². The molecule has 0 aliphatic carbocycles. The lowest BCUT2D eigenvalue weighted by atomic mass is 10.0. The van der Waals surface area contributed by atoms with Gasteiger partial charge in [-0.05, 0) is 29.0 Å². The van der Waals surface area contributed by atoms with E-state index in [9.17, 15) is 0 Å². The van der Waals surface area contributed by atoms with E-state index in [0.29, 0.717) is 5.02 Å². The molecule has 4 rings (SSSR count). The second-order valence-corrected chi connectivity index (χ2v) is 5.26. The summed E-state index contributed by atoms with van der Waals surface area (Å²) in [5.41, 5.74) is 1.93. The number of hydrogen-bond donors (Lipinski definition) is 0. The fourth-order valence-corrected chi connectivity index (χ4v) is 2.74. The van der Waals surface area contributed by atoms with Crippen LogP contribution in [0, 0.1) is 0 Å². The van der Waals surface area contributed by atoms with Gasteiger partial charge in [0, 0.05) is 22.0 Å². The third-order valence-corrected chi connectivity index (χ3v) is 3.77. The predicted molar refractivity (Wildman–Crippen MR) is 84.2 cm³/mol. The molecule has 0 fully saturated rings. The van der Waals surface area contributed by atoms with Crippen LogP contribution < -0.4 is 0 Å². The first-order valence-corrected chi connectivity index (χ1v) is 6.86. The van der Waals surface area contributed by atoms with Gasteiger partial charge in [0.05, 0.1) is 0 Å². The molecule has 0 aliphatic heterocycles. The molecule has 1 heterocycles. The molecule has 2 heteroatoms. The Labute approximate surface area is 121 Å². The summed E-state index contributed by atoms with van der Waals surface area (Å²) in [4.78, 5) is 0. The van der Waals surface area contributed by atoms with E-state index >= 15 is 0 Å². The van der Waals surface area contributed by atoms with Crippen LogP contribution in [0.4, 0.5) is 0 Å². The SMILES string of the molecule is Clc1ccc2cc(-c3cccc4ccccc34)oc2c1. The Bertz CT molecular complexity index is 916. The highest BCUT2D eigenvalue weighted by atomic mass is 35.5. The van der Waals surface area contributed by atoms with E-state index in [0.717, 1.165) is 22.3 Å². The van der Waals surface area contributed by atoms with Gasteiger partial charge in [-0.3, -0.25) is 0 Å². The molecule has 96 valence electrons. The van der Waals surface area contributed by atoms with Gasteiger partial charge in [0.2, 0.25) is 0 Å². The first-order valence-electron chi connectivity index (χ1n) is 6.48.